The molecule has 0 bridgehead atoms. The number of carboxylic acid groups (broad SMARTS) is 1. The lowest BCUT2D eigenvalue weighted by Crippen LogP contribution is -2.44. The number of aliphatic carboxylic acids is 1. The number of amides is 1. The summed E-state index contributed by atoms with van der Waals surface area (Å²) in [6, 6.07) is -0.201. The van der Waals surface area contributed by atoms with Gasteiger partial charge >= 0.3 is 5.97 Å². The molecule has 0 heterocycles. The second-order valence-corrected chi connectivity index (χ2v) is 3.45. The minimum atomic E-state index is -0.820. The maximum Gasteiger partial charge on any atom is 0.311 e. The van der Waals surface area contributed by atoms with Gasteiger partial charge in [0.2, 0.25) is 6.41 Å². The van der Waals surface area contributed by atoms with Gasteiger partial charge in [-0.3, -0.25) is 9.59 Å². The number of carboxylic acids is 1. The highest BCUT2D eigenvalue weighted by Crippen LogP contribution is 2.37. The molecule has 4 heteroatoms. The zero-order valence-electron chi connectivity index (χ0n) is 7.04. The maximum absolute atomic E-state index is 10.9. The van der Waals surface area contributed by atoms with Crippen molar-refractivity contribution < 1.29 is 14.7 Å². The minimum Gasteiger partial charge on any atom is -0.481 e. The van der Waals surface area contributed by atoms with Crippen molar-refractivity contribution in [1.82, 2.24) is 5.32 Å². The third kappa shape index (κ3) is 1.29. The van der Waals surface area contributed by atoms with Crippen LogP contribution >= 0.6 is 0 Å². The molecule has 0 aromatic heterocycles. The van der Waals surface area contributed by atoms with E-state index in [2.05, 4.69) is 5.32 Å². The lowest BCUT2D eigenvalue weighted by Gasteiger charge is -2.25. The maximum atomic E-state index is 10.9. The summed E-state index contributed by atoms with van der Waals surface area (Å²) in [5.41, 5.74) is -0.763. The molecular weight excluding hydrogens is 158 g/mol. The summed E-state index contributed by atoms with van der Waals surface area (Å²) in [4.78, 5) is 21.0. The highest BCUT2D eigenvalue weighted by Gasteiger charge is 2.44. The Balaban J connectivity index is 2.73. The molecule has 1 fully saturated rings. The number of rotatable bonds is 3. The molecule has 1 saturated carbocycles. The van der Waals surface area contributed by atoms with Gasteiger partial charge in [-0.25, -0.2) is 0 Å². The second kappa shape index (κ2) is 3.13. The Labute approximate surface area is 71.0 Å². The number of carbonyl (C=O) groups is 2. The molecule has 0 aliphatic heterocycles. The lowest BCUT2D eigenvalue weighted by atomic mass is 9.85. The minimum absolute atomic E-state index is 0.201. The standard InChI is InChI=1S/C8H13NO3/c1-8(7(11)12)4-2-3-6(8)9-5-10/h5-6H,2-4H2,1H3,(H,9,10)(H,11,12). The summed E-state index contributed by atoms with van der Waals surface area (Å²) in [6.45, 7) is 1.68. The highest BCUT2D eigenvalue weighted by molar-refractivity contribution is 5.76. The van der Waals surface area contributed by atoms with Crippen LogP contribution in [-0.4, -0.2) is 23.5 Å². The van der Waals surface area contributed by atoms with Crippen molar-refractivity contribution in [1.29, 1.82) is 0 Å². The third-order valence-electron chi connectivity index (χ3n) is 2.72. The summed E-state index contributed by atoms with van der Waals surface area (Å²) in [6.07, 6.45) is 2.86. The smallest absolute Gasteiger partial charge is 0.311 e. The van der Waals surface area contributed by atoms with Crippen molar-refractivity contribution >= 4 is 12.4 Å². The molecule has 0 saturated heterocycles. The van der Waals surface area contributed by atoms with Crippen LogP contribution in [0.25, 0.3) is 0 Å². The highest BCUT2D eigenvalue weighted by atomic mass is 16.4. The molecule has 2 unspecified atom stereocenters. The Morgan fingerprint density at radius 1 is 1.75 bits per heavy atom. The van der Waals surface area contributed by atoms with Crippen molar-refractivity contribution in [2.24, 2.45) is 5.41 Å². The topological polar surface area (TPSA) is 66.4 Å². The van der Waals surface area contributed by atoms with E-state index in [1.165, 1.54) is 0 Å². The molecule has 0 spiro atoms. The van der Waals surface area contributed by atoms with Gasteiger partial charge in [-0.2, -0.15) is 0 Å². The largest absolute Gasteiger partial charge is 0.481 e. The Bertz CT molecular complexity index is 204. The molecular formula is C8H13NO3. The SMILES string of the molecule is CC1(C(=O)O)CCCC1NC=O. The molecule has 2 atom stereocenters. The first-order valence-electron chi connectivity index (χ1n) is 4.04. The zero-order chi connectivity index (χ0) is 9.19. The molecule has 68 valence electrons. The van der Waals surface area contributed by atoms with Crippen LogP contribution in [0.1, 0.15) is 26.2 Å². The quantitative estimate of drug-likeness (QED) is 0.603. The fourth-order valence-electron chi connectivity index (χ4n) is 1.77. The van der Waals surface area contributed by atoms with E-state index in [-0.39, 0.29) is 6.04 Å². The Hall–Kier alpha value is -1.06. The van der Waals surface area contributed by atoms with E-state index in [9.17, 15) is 9.59 Å². The predicted molar refractivity (Wildman–Crippen MR) is 42.6 cm³/mol. The van der Waals surface area contributed by atoms with E-state index < -0.39 is 11.4 Å². The third-order valence-corrected chi connectivity index (χ3v) is 2.72. The van der Waals surface area contributed by atoms with E-state index in [0.29, 0.717) is 12.8 Å². The average molecular weight is 171 g/mol. The van der Waals surface area contributed by atoms with Gasteiger partial charge < -0.3 is 10.4 Å². The average Bonchev–Trinajstić information content (AvgIpc) is 2.35. The van der Waals surface area contributed by atoms with E-state index >= 15 is 0 Å². The Morgan fingerprint density at radius 2 is 2.42 bits per heavy atom. The van der Waals surface area contributed by atoms with Crippen LogP contribution in [0.4, 0.5) is 0 Å². The van der Waals surface area contributed by atoms with Gasteiger partial charge in [-0.05, 0) is 19.8 Å². The molecule has 0 aromatic carbocycles. The summed E-state index contributed by atoms with van der Waals surface area (Å²) < 4.78 is 0. The summed E-state index contributed by atoms with van der Waals surface area (Å²) >= 11 is 0. The van der Waals surface area contributed by atoms with Crippen LogP contribution in [0.2, 0.25) is 0 Å². The molecule has 2 N–H and O–H groups in total. The van der Waals surface area contributed by atoms with Gasteiger partial charge in [0.25, 0.3) is 0 Å². The van der Waals surface area contributed by atoms with E-state index in [0.717, 1.165) is 12.8 Å². The van der Waals surface area contributed by atoms with Gasteiger partial charge in [0.1, 0.15) is 0 Å². The fourth-order valence-corrected chi connectivity index (χ4v) is 1.77. The normalized spacial score (nSPS) is 34.6. The lowest BCUT2D eigenvalue weighted by molar-refractivity contribution is -0.148. The molecule has 12 heavy (non-hydrogen) atoms. The fraction of sp³-hybridized carbons (Fsp3) is 0.750. The van der Waals surface area contributed by atoms with Crippen molar-refractivity contribution in [3.8, 4) is 0 Å². The molecule has 4 nitrogen and oxygen atoms in total. The van der Waals surface area contributed by atoms with Crippen molar-refractivity contribution in [2.45, 2.75) is 32.2 Å². The predicted octanol–water partition coefficient (Wildman–Crippen LogP) is 0.376. The molecule has 1 aliphatic carbocycles. The van der Waals surface area contributed by atoms with Crippen molar-refractivity contribution in [3.63, 3.8) is 0 Å². The van der Waals surface area contributed by atoms with Gasteiger partial charge in [0.05, 0.1) is 5.41 Å². The van der Waals surface area contributed by atoms with Crippen LogP contribution < -0.4 is 5.32 Å². The number of hydrogen-bond acceptors (Lipinski definition) is 2. The van der Waals surface area contributed by atoms with Gasteiger partial charge in [0, 0.05) is 6.04 Å². The van der Waals surface area contributed by atoms with Crippen LogP contribution in [0, 0.1) is 5.41 Å². The van der Waals surface area contributed by atoms with E-state index in [4.69, 9.17) is 5.11 Å². The first kappa shape index (κ1) is 9.03. The first-order chi connectivity index (χ1) is 5.61. The number of nitrogens with one attached hydrogen (secondary N) is 1. The zero-order valence-corrected chi connectivity index (χ0v) is 7.04. The van der Waals surface area contributed by atoms with Crippen LogP contribution in [0.15, 0.2) is 0 Å². The van der Waals surface area contributed by atoms with E-state index in [1.54, 1.807) is 6.92 Å². The van der Waals surface area contributed by atoms with Crippen LogP contribution in [0.3, 0.4) is 0 Å². The summed E-state index contributed by atoms with van der Waals surface area (Å²) in [7, 11) is 0. The molecule has 0 aromatic rings. The van der Waals surface area contributed by atoms with Crippen LogP contribution in [0.5, 0.6) is 0 Å². The molecule has 1 rings (SSSR count). The molecule has 1 amide bonds. The number of hydrogen-bond donors (Lipinski definition) is 2. The molecule has 0 radical (unpaired) electrons. The van der Waals surface area contributed by atoms with Gasteiger partial charge in [-0.1, -0.05) is 6.42 Å². The van der Waals surface area contributed by atoms with Gasteiger partial charge in [0.15, 0.2) is 0 Å². The van der Waals surface area contributed by atoms with Gasteiger partial charge in [-0.15, -0.1) is 0 Å². The monoisotopic (exact) mass is 171 g/mol. The Morgan fingerprint density at radius 3 is 2.92 bits per heavy atom. The van der Waals surface area contributed by atoms with Crippen LogP contribution in [-0.2, 0) is 9.59 Å². The Kier molecular flexibility index (Phi) is 2.35. The molecule has 1 aliphatic rings. The van der Waals surface area contributed by atoms with E-state index in [1.807, 2.05) is 0 Å². The second-order valence-electron chi connectivity index (χ2n) is 3.45. The number of carbonyl (C=O) groups excluding carboxylic acids is 1. The summed E-state index contributed by atoms with van der Waals surface area (Å²) in [5.74, 6) is -0.820. The first-order valence-corrected chi connectivity index (χ1v) is 4.04. The van der Waals surface area contributed by atoms with Crippen molar-refractivity contribution in [2.75, 3.05) is 0 Å². The summed E-state index contributed by atoms with van der Waals surface area (Å²) in [5, 5.41) is 11.5. The van der Waals surface area contributed by atoms with Crippen molar-refractivity contribution in [3.05, 3.63) is 0 Å².